The lowest BCUT2D eigenvalue weighted by atomic mass is 9.83. The summed E-state index contributed by atoms with van der Waals surface area (Å²) in [5.41, 5.74) is 0. The summed E-state index contributed by atoms with van der Waals surface area (Å²) in [5, 5.41) is 1.75. The van der Waals surface area contributed by atoms with E-state index in [1.165, 1.54) is 0 Å². The van der Waals surface area contributed by atoms with Crippen LogP contribution < -0.4 is 5.32 Å². The van der Waals surface area contributed by atoms with E-state index >= 15 is 0 Å². The number of hydrogen-bond acceptors (Lipinski definition) is 11. The molecule has 0 aliphatic heterocycles. The van der Waals surface area contributed by atoms with Gasteiger partial charge in [0.05, 0.1) is 6.04 Å². The van der Waals surface area contributed by atoms with E-state index in [9.17, 15) is 76.6 Å². The predicted molar refractivity (Wildman–Crippen MR) is 102 cm³/mol. The van der Waals surface area contributed by atoms with Crippen LogP contribution in [0, 0.1) is 0 Å². The Hall–Kier alpha value is 0.0200. The van der Waals surface area contributed by atoms with Crippen molar-refractivity contribution in [3.05, 3.63) is 0 Å². The molecular formula is C8H20NO21P5. The van der Waals surface area contributed by atoms with Gasteiger partial charge in [-0.25, -0.2) is 22.8 Å². The molecule has 1 rings (SSSR count). The molecule has 1 aliphatic rings. The maximum absolute atomic E-state index is 11.7. The number of carbonyl (C=O) groups is 1. The highest BCUT2D eigenvalue weighted by Crippen LogP contribution is 2.54. The van der Waals surface area contributed by atoms with Crippen LogP contribution in [0.3, 0.4) is 0 Å². The quantitative estimate of drug-likeness (QED) is 0.102. The van der Waals surface area contributed by atoms with E-state index in [1.807, 2.05) is 0 Å². The Labute approximate surface area is 193 Å². The molecule has 1 amide bonds. The molecule has 0 aromatic carbocycles. The van der Waals surface area contributed by atoms with Gasteiger partial charge in [0.2, 0.25) is 5.91 Å². The number of phosphoric acid groups is 5. The fourth-order valence-corrected chi connectivity index (χ4v) is 5.77. The van der Waals surface area contributed by atoms with Crippen LogP contribution in [0.2, 0.25) is 0 Å². The monoisotopic (exact) mass is 621 g/mol. The first kappa shape index (κ1) is 33.0. The zero-order chi connectivity index (χ0) is 27.8. The molecular weight excluding hydrogens is 601 g/mol. The molecule has 2 unspecified atom stereocenters. The highest BCUT2D eigenvalue weighted by molar-refractivity contribution is 7.47. The summed E-state index contributed by atoms with van der Waals surface area (Å²) < 4.78 is 78.7. The van der Waals surface area contributed by atoms with Gasteiger partial charge in [-0.3, -0.25) is 27.4 Å². The smallest absolute Gasteiger partial charge is 0.348 e. The summed E-state index contributed by atoms with van der Waals surface area (Å²) in [5.74, 6) is -1.21. The van der Waals surface area contributed by atoms with Crippen LogP contribution in [0.4, 0.5) is 0 Å². The zero-order valence-electron chi connectivity index (χ0n) is 16.7. The van der Waals surface area contributed by atoms with Crippen molar-refractivity contribution in [1.29, 1.82) is 0 Å². The molecule has 208 valence electrons. The summed E-state index contributed by atoms with van der Waals surface area (Å²) in [6.45, 7) is 0.693. The van der Waals surface area contributed by atoms with Gasteiger partial charge in [-0.2, -0.15) is 0 Å². The number of nitrogens with one attached hydrogen (secondary N) is 1. The van der Waals surface area contributed by atoms with E-state index in [0.717, 1.165) is 0 Å². The Balaban J connectivity index is 3.98. The van der Waals surface area contributed by atoms with E-state index in [-0.39, 0.29) is 0 Å². The zero-order valence-corrected chi connectivity index (χ0v) is 21.1. The minimum absolute atomic E-state index is 0.693. The van der Waals surface area contributed by atoms with Crippen molar-refractivity contribution in [3.63, 3.8) is 0 Å². The second kappa shape index (κ2) is 11.4. The van der Waals surface area contributed by atoms with Crippen molar-refractivity contribution in [2.75, 3.05) is 0 Å². The first-order valence-electron chi connectivity index (χ1n) is 8.25. The third-order valence-electron chi connectivity index (χ3n) is 3.67. The molecule has 27 heteroatoms. The van der Waals surface area contributed by atoms with Crippen LogP contribution in [-0.2, 0) is 50.2 Å². The van der Waals surface area contributed by atoms with Crippen molar-refractivity contribution >= 4 is 45.0 Å². The van der Waals surface area contributed by atoms with Gasteiger partial charge >= 0.3 is 39.1 Å². The van der Waals surface area contributed by atoms with Gasteiger partial charge < -0.3 is 54.3 Å². The number of carbonyl (C=O) groups excluding carboxylic acids is 1. The fourth-order valence-electron chi connectivity index (χ4n) is 2.96. The fraction of sp³-hybridized carbons (Fsp3) is 0.875. The van der Waals surface area contributed by atoms with Crippen LogP contribution >= 0.6 is 39.1 Å². The number of phosphoric ester groups is 5. The Morgan fingerprint density at radius 3 is 0.914 bits per heavy atom. The van der Waals surface area contributed by atoms with Gasteiger partial charge in [-0.05, 0) is 0 Å². The molecule has 1 aliphatic carbocycles. The maximum atomic E-state index is 11.7. The molecule has 1 fully saturated rings. The van der Waals surface area contributed by atoms with Crippen LogP contribution in [0.15, 0.2) is 0 Å². The standard InChI is InChI=1S/C8H20NO21P5/c1-2(10)9-3-4(26-31(11,12)13)6(28-33(17,18)19)8(30-35(23,24)25)7(29-34(20,21)22)5(3)27-32(14,15)16/h3-8H,1H3,(H,9,10)(H2,11,12,13)(H2,14,15,16)(H2,17,18,19)(H2,20,21,22)(H2,23,24,25)/t3?,4-,5+,6-,7-,8?/m1/s1. The summed E-state index contributed by atoms with van der Waals surface area (Å²) in [6.07, 6.45) is -14.2. The molecule has 6 atom stereocenters. The molecule has 11 N–H and O–H groups in total. The number of amides is 1. The Morgan fingerprint density at radius 1 is 0.514 bits per heavy atom. The normalized spacial score (nSPS) is 29.1. The van der Waals surface area contributed by atoms with Crippen LogP contribution in [-0.4, -0.2) is 91.4 Å². The summed E-state index contributed by atoms with van der Waals surface area (Å²) in [4.78, 5) is 104. The van der Waals surface area contributed by atoms with Gasteiger partial charge in [0.25, 0.3) is 0 Å². The number of rotatable bonds is 11. The second-order valence-electron chi connectivity index (χ2n) is 6.53. The van der Waals surface area contributed by atoms with Gasteiger partial charge in [-0.1, -0.05) is 0 Å². The van der Waals surface area contributed by atoms with Crippen molar-refractivity contribution in [1.82, 2.24) is 5.32 Å². The summed E-state index contributed by atoms with van der Waals surface area (Å²) >= 11 is 0. The Bertz CT molecular complexity index is 939. The molecule has 1 saturated carbocycles. The Kier molecular flexibility index (Phi) is 10.8. The van der Waals surface area contributed by atoms with Gasteiger partial charge in [-0.15, -0.1) is 0 Å². The third kappa shape index (κ3) is 12.4. The van der Waals surface area contributed by atoms with E-state index in [0.29, 0.717) is 6.92 Å². The lowest BCUT2D eigenvalue weighted by Gasteiger charge is -2.48. The molecule has 0 heterocycles. The molecule has 0 aromatic heterocycles. The highest BCUT2D eigenvalue weighted by Gasteiger charge is 2.61. The van der Waals surface area contributed by atoms with Crippen LogP contribution in [0.5, 0.6) is 0 Å². The van der Waals surface area contributed by atoms with Gasteiger partial charge in [0, 0.05) is 6.92 Å². The lowest BCUT2D eigenvalue weighted by Crippen LogP contribution is -2.70. The molecule has 0 saturated heterocycles. The Morgan fingerprint density at radius 2 is 0.714 bits per heavy atom. The van der Waals surface area contributed by atoms with Crippen molar-refractivity contribution in [2.24, 2.45) is 0 Å². The lowest BCUT2D eigenvalue weighted by molar-refractivity contribution is -0.174. The maximum Gasteiger partial charge on any atom is 0.470 e. The van der Waals surface area contributed by atoms with E-state index in [2.05, 4.69) is 22.6 Å². The molecule has 0 bridgehead atoms. The second-order valence-corrected chi connectivity index (χ2v) is 12.5. The molecule has 0 radical (unpaired) electrons. The average Bonchev–Trinajstić information content (AvgIpc) is 2.51. The molecule has 35 heavy (non-hydrogen) atoms. The summed E-state index contributed by atoms with van der Waals surface area (Å²) in [7, 11) is -29.2. The van der Waals surface area contributed by atoms with E-state index < -0.39 is 81.6 Å². The highest BCUT2D eigenvalue weighted by atomic mass is 31.2. The van der Waals surface area contributed by atoms with Crippen LogP contribution in [0.1, 0.15) is 6.92 Å². The van der Waals surface area contributed by atoms with Crippen molar-refractivity contribution < 1.29 is 99.2 Å². The minimum atomic E-state index is -5.89. The minimum Gasteiger partial charge on any atom is -0.348 e. The van der Waals surface area contributed by atoms with Crippen molar-refractivity contribution in [2.45, 2.75) is 43.5 Å². The number of hydrogen-bond donors (Lipinski definition) is 11. The molecule has 0 spiro atoms. The topological polar surface area (TPSA) is 363 Å². The predicted octanol–water partition coefficient (Wildman–Crippen LogP) is -3.11. The first-order chi connectivity index (χ1) is 15.3. The molecule has 22 nitrogen and oxygen atoms in total. The van der Waals surface area contributed by atoms with Gasteiger partial charge in [0.1, 0.15) is 30.5 Å². The van der Waals surface area contributed by atoms with Crippen LogP contribution in [0.25, 0.3) is 0 Å². The first-order valence-corrected chi connectivity index (χ1v) is 15.9. The summed E-state index contributed by atoms with van der Waals surface area (Å²) in [6, 6.07) is -2.45. The SMILES string of the molecule is CC(=O)NC1[C@@H](OP(=O)(O)O)[C@@H](OP(=O)(O)O)C(OP(=O)(O)O)[C@H](OP(=O)(O)O)[C@H]1OP(=O)(O)O. The van der Waals surface area contributed by atoms with Crippen molar-refractivity contribution in [3.8, 4) is 0 Å². The average molecular weight is 621 g/mol. The third-order valence-corrected chi connectivity index (χ3v) is 6.26. The largest absolute Gasteiger partial charge is 0.470 e. The van der Waals surface area contributed by atoms with E-state index in [1.54, 1.807) is 5.32 Å². The molecule has 0 aromatic rings. The van der Waals surface area contributed by atoms with Gasteiger partial charge in [0.15, 0.2) is 0 Å². The van der Waals surface area contributed by atoms with E-state index in [4.69, 9.17) is 0 Å².